The largest absolute Gasteiger partial charge is 0.397 e. The van der Waals surface area contributed by atoms with E-state index in [2.05, 4.69) is 5.10 Å². The van der Waals surface area contributed by atoms with E-state index in [-0.39, 0.29) is 24.8 Å². The van der Waals surface area contributed by atoms with Gasteiger partial charge in [-0.2, -0.15) is 5.10 Å². The molecule has 0 bridgehead atoms. The highest BCUT2D eigenvalue weighted by atomic mass is 35.5. The molecule has 12 heavy (non-hydrogen) atoms. The Morgan fingerprint density at radius 3 is 2.67 bits per heavy atom. The van der Waals surface area contributed by atoms with Crippen LogP contribution in [0.15, 0.2) is 30.6 Å². The lowest BCUT2D eigenvalue weighted by molar-refractivity contribution is 0.963. The van der Waals surface area contributed by atoms with Crippen LogP contribution in [-0.2, 0) is 0 Å². The minimum absolute atomic E-state index is 0. The van der Waals surface area contributed by atoms with E-state index in [1.165, 1.54) is 0 Å². The van der Waals surface area contributed by atoms with Crippen LogP contribution in [-0.4, -0.2) is 9.61 Å². The first-order valence-corrected chi connectivity index (χ1v) is 3.05. The molecule has 66 valence electrons. The quantitative estimate of drug-likeness (QED) is 0.713. The van der Waals surface area contributed by atoms with Gasteiger partial charge in [0.05, 0.1) is 17.4 Å². The van der Waals surface area contributed by atoms with Crippen molar-refractivity contribution in [3.63, 3.8) is 0 Å². The molecule has 0 unspecified atom stereocenters. The van der Waals surface area contributed by atoms with Crippen molar-refractivity contribution < 1.29 is 0 Å². The Morgan fingerprint density at radius 1 is 1.17 bits per heavy atom. The van der Waals surface area contributed by atoms with Crippen LogP contribution < -0.4 is 5.73 Å². The van der Waals surface area contributed by atoms with E-state index in [0.29, 0.717) is 0 Å². The molecule has 0 aromatic carbocycles. The molecular formula is C7H9Cl2N3. The molecule has 2 aromatic rings. The number of halogens is 2. The third-order valence-electron chi connectivity index (χ3n) is 1.42. The van der Waals surface area contributed by atoms with Crippen LogP contribution in [0.2, 0.25) is 0 Å². The molecule has 0 fully saturated rings. The van der Waals surface area contributed by atoms with Gasteiger partial charge >= 0.3 is 0 Å². The van der Waals surface area contributed by atoms with Crippen LogP contribution in [0.1, 0.15) is 0 Å². The Labute approximate surface area is 82.4 Å². The minimum atomic E-state index is 0. The molecule has 2 heterocycles. The molecular weight excluding hydrogens is 197 g/mol. The van der Waals surface area contributed by atoms with E-state index in [1.54, 1.807) is 16.9 Å². The Bertz CT molecular complexity index is 358. The highest BCUT2D eigenvalue weighted by molar-refractivity contribution is 5.85. The number of nitrogens with two attached hydrogens (primary N) is 1. The monoisotopic (exact) mass is 205 g/mol. The zero-order valence-corrected chi connectivity index (χ0v) is 7.81. The zero-order valence-electron chi connectivity index (χ0n) is 6.18. The summed E-state index contributed by atoms with van der Waals surface area (Å²) in [5, 5.41) is 4.02. The first-order chi connectivity index (χ1) is 4.86. The smallest absolute Gasteiger partial charge is 0.0663 e. The van der Waals surface area contributed by atoms with Crippen LogP contribution in [0.3, 0.4) is 0 Å². The number of pyridine rings is 1. The maximum atomic E-state index is 5.52. The van der Waals surface area contributed by atoms with Gasteiger partial charge in [0, 0.05) is 6.20 Å². The van der Waals surface area contributed by atoms with Crippen LogP contribution in [0.25, 0.3) is 5.52 Å². The maximum absolute atomic E-state index is 5.52. The van der Waals surface area contributed by atoms with E-state index >= 15 is 0 Å². The molecule has 5 heteroatoms. The fraction of sp³-hybridized carbons (Fsp3) is 0. The summed E-state index contributed by atoms with van der Waals surface area (Å²) >= 11 is 0. The molecule has 0 radical (unpaired) electrons. The van der Waals surface area contributed by atoms with Crippen molar-refractivity contribution in [2.24, 2.45) is 0 Å². The second-order valence-corrected chi connectivity index (χ2v) is 2.16. The molecule has 3 nitrogen and oxygen atoms in total. The lowest BCUT2D eigenvalue weighted by atomic mass is 10.4. The third-order valence-corrected chi connectivity index (χ3v) is 1.42. The summed E-state index contributed by atoms with van der Waals surface area (Å²) in [6.45, 7) is 0. The predicted octanol–water partition coefficient (Wildman–Crippen LogP) is 1.76. The molecule has 0 spiro atoms. The van der Waals surface area contributed by atoms with Crippen LogP contribution >= 0.6 is 24.8 Å². The van der Waals surface area contributed by atoms with Crippen molar-refractivity contribution in [2.45, 2.75) is 0 Å². The van der Waals surface area contributed by atoms with Crippen LogP contribution in [0, 0.1) is 0 Å². The predicted molar refractivity (Wildman–Crippen MR) is 54.1 cm³/mol. The van der Waals surface area contributed by atoms with Crippen molar-refractivity contribution in [3.8, 4) is 0 Å². The van der Waals surface area contributed by atoms with Gasteiger partial charge in [0.2, 0.25) is 0 Å². The highest BCUT2D eigenvalue weighted by Crippen LogP contribution is 2.05. The number of anilines is 1. The first-order valence-electron chi connectivity index (χ1n) is 3.05. The summed E-state index contributed by atoms with van der Waals surface area (Å²) in [6, 6.07) is 5.72. The number of hydrogen-bond donors (Lipinski definition) is 1. The van der Waals surface area contributed by atoms with E-state index < -0.39 is 0 Å². The highest BCUT2D eigenvalue weighted by Gasteiger charge is 1.90. The van der Waals surface area contributed by atoms with Gasteiger partial charge in [0.15, 0.2) is 0 Å². The SMILES string of the molecule is Cl.Cl.Nc1ccc2ccnn2c1. The van der Waals surface area contributed by atoms with Crippen molar-refractivity contribution in [2.75, 3.05) is 5.73 Å². The molecule has 2 N–H and O–H groups in total. The number of hydrogen-bond acceptors (Lipinski definition) is 2. The Hall–Kier alpha value is -0.930. The van der Waals surface area contributed by atoms with E-state index in [4.69, 9.17) is 5.73 Å². The summed E-state index contributed by atoms with van der Waals surface area (Å²) in [5.41, 5.74) is 7.32. The van der Waals surface area contributed by atoms with Gasteiger partial charge in [0.25, 0.3) is 0 Å². The topological polar surface area (TPSA) is 43.3 Å². The number of aromatic nitrogens is 2. The van der Waals surface area contributed by atoms with E-state index in [9.17, 15) is 0 Å². The Balaban J connectivity index is 0.000000605. The van der Waals surface area contributed by atoms with Gasteiger partial charge in [-0.15, -0.1) is 24.8 Å². The normalized spacial score (nSPS) is 8.67. The first kappa shape index (κ1) is 11.1. The molecule has 0 aliphatic carbocycles. The number of fused-ring (bicyclic) bond motifs is 1. The maximum Gasteiger partial charge on any atom is 0.0663 e. The van der Waals surface area contributed by atoms with Crippen LogP contribution in [0.5, 0.6) is 0 Å². The summed E-state index contributed by atoms with van der Waals surface area (Å²) in [6.07, 6.45) is 3.53. The van der Waals surface area contributed by atoms with Gasteiger partial charge in [-0.05, 0) is 18.2 Å². The third kappa shape index (κ3) is 1.81. The molecule has 2 rings (SSSR count). The summed E-state index contributed by atoms with van der Waals surface area (Å²) < 4.78 is 1.75. The van der Waals surface area contributed by atoms with Gasteiger partial charge in [0.1, 0.15) is 0 Å². The average molecular weight is 206 g/mol. The molecule has 0 atom stereocenters. The molecule has 0 aliphatic heterocycles. The molecule has 2 aromatic heterocycles. The van der Waals surface area contributed by atoms with Gasteiger partial charge in [-0.25, -0.2) is 4.52 Å². The number of nitrogen functional groups attached to an aromatic ring is 1. The summed E-state index contributed by atoms with van der Waals surface area (Å²) in [5.74, 6) is 0. The van der Waals surface area contributed by atoms with Gasteiger partial charge in [-0.3, -0.25) is 0 Å². The van der Waals surface area contributed by atoms with Gasteiger partial charge < -0.3 is 5.73 Å². The second-order valence-electron chi connectivity index (χ2n) is 2.16. The van der Waals surface area contributed by atoms with Crippen molar-refractivity contribution in [1.29, 1.82) is 0 Å². The standard InChI is InChI=1S/C7H7N3.2ClH/c8-6-1-2-7-3-4-9-10(7)5-6;;/h1-5H,8H2;2*1H. The minimum Gasteiger partial charge on any atom is -0.397 e. The van der Waals surface area contributed by atoms with Crippen LogP contribution in [0.4, 0.5) is 5.69 Å². The lowest BCUT2D eigenvalue weighted by Gasteiger charge is -1.92. The zero-order chi connectivity index (χ0) is 6.97. The lowest BCUT2D eigenvalue weighted by Crippen LogP contribution is -1.90. The number of rotatable bonds is 0. The second kappa shape index (κ2) is 4.18. The van der Waals surface area contributed by atoms with E-state index in [0.717, 1.165) is 11.2 Å². The molecule has 0 saturated carbocycles. The van der Waals surface area contributed by atoms with E-state index in [1.807, 2.05) is 18.2 Å². The fourth-order valence-electron chi connectivity index (χ4n) is 0.930. The number of nitrogens with zero attached hydrogens (tertiary/aromatic N) is 2. The van der Waals surface area contributed by atoms with Crippen molar-refractivity contribution in [1.82, 2.24) is 9.61 Å². The Kier molecular flexibility index (Phi) is 3.86. The van der Waals surface area contributed by atoms with Crippen molar-refractivity contribution >= 4 is 36.0 Å². The Morgan fingerprint density at radius 2 is 1.92 bits per heavy atom. The fourth-order valence-corrected chi connectivity index (χ4v) is 0.930. The average Bonchev–Trinajstić information content (AvgIpc) is 2.33. The molecule has 0 saturated heterocycles. The molecule has 0 aliphatic rings. The van der Waals surface area contributed by atoms with Gasteiger partial charge in [-0.1, -0.05) is 0 Å². The van der Waals surface area contributed by atoms with Crippen molar-refractivity contribution in [3.05, 3.63) is 30.6 Å². The summed E-state index contributed by atoms with van der Waals surface area (Å²) in [4.78, 5) is 0. The summed E-state index contributed by atoms with van der Waals surface area (Å²) in [7, 11) is 0. The molecule has 0 amide bonds.